The largest absolute Gasteiger partial charge is 0.374 e. The highest BCUT2D eigenvalue weighted by atomic mass is 16.5. The van der Waals surface area contributed by atoms with Gasteiger partial charge in [-0.3, -0.25) is 4.79 Å². The fourth-order valence-corrected chi connectivity index (χ4v) is 0.620. The lowest BCUT2D eigenvalue weighted by atomic mass is 10.2. The Morgan fingerprint density at radius 1 is 1.50 bits per heavy atom. The molecule has 64 valence electrons. The number of carbonyl (C=O) groups excluding carboxylic acids is 1. The van der Waals surface area contributed by atoms with Gasteiger partial charge < -0.3 is 4.74 Å². The number of ether oxygens (including phenoxy) is 1. The molecule has 10 heavy (non-hydrogen) atoms. The minimum atomic E-state index is -0.185. The molecule has 0 aliphatic rings. The van der Waals surface area contributed by atoms with Crippen LogP contribution < -0.4 is 0 Å². The van der Waals surface area contributed by atoms with Crippen LogP contribution in [0.1, 0.15) is 35.1 Å². The summed E-state index contributed by atoms with van der Waals surface area (Å²) >= 11 is 0. The summed E-state index contributed by atoms with van der Waals surface area (Å²) in [6.07, 6.45) is 0.584. The number of ketones is 1. The van der Waals surface area contributed by atoms with Gasteiger partial charge in [-0.2, -0.15) is 0 Å². The smallest absolute Gasteiger partial charge is 0.158 e. The van der Waals surface area contributed by atoms with Gasteiger partial charge in [0.15, 0.2) is 5.78 Å². The van der Waals surface area contributed by atoms with Gasteiger partial charge in [0.2, 0.25) is 0 Å². The molecule has 0 aliphatic heterocycles. The summed E-state index contributed by atoms with van der Waals surface area (Å²) in [4.78, 5) is 10.5. The maximum absolute atomic E-state index is 10.5. The molecule has 2 heteroatoms. The summed E-state index contributed by atoms with van der Waals surface area (Å²) < 4.78 is 4.81. The summed E-state index contributed by atoms with van der Waals surface area (Å²) in [6.45, 7) is 3.47. The first kappa shape index (κ1) is 16.3. The predicted molar refractivity (Wildman–Crippen MR) is 45.2 cm³/mol. The number of Topliss-reactive ketones (excluding diaryl/α,β-unsaturated/α-hetero) is 1. The summed E-state index contributed by atoms with van der Waals surface area (Å²) in [5.41, 5.74) is 0. The van der Waals surface area contributed by atoms with Gasteiger partial charge in [-0.15, -0.1) is 0 Å². The van der Waals surface area contributed by atoms with Gasteiger partial charge >= 0.3 is 0 Å². The standard InChI is InChI=1S/C6H12O2.2CH4/c1-4-6(8-3)5(2)7;;/h6H,4H2,1-3H3;2*1H4. The van der Waals surface area contributed by atoms with Crippen molar-refractivity contribution in [2.45, 2.75) is 41.2 Å². The topological polar surface area (TPSA) is 26.3 Å². The quantitative estimate of drug-likeness (QED) is 0.613. The molecule has 0 aliphatic carbocycles. The lowest BCUT2D eigenvalue weighted by Gasteiger charge is -2.06. The van der Waals surface area contributed by atoms with Crippen molar-refractivity contribution in [2.24, 2.45) is 0 Å². The monoisotopic (exact) mass is 148 g/mol. The Balaban J connectivity index is -0.000000245. The summed E-state index contributed by atoms with van der Waals surface area (Å²) in [7, 11) is 1.55. The minimum Gasteiger partial charge on any atom is -0.374 e. The average molecular weight is 148 g/mol. The molecule has 2 nitrogen and oxygen atoms in total. The van der Waals surface area contributed by atoms with Crippen molar-refractivity contribution in [3.05, 3.63) is 0 Å². The Kier molecular flexibility index (Phi) is 14.1. The van der Waals surface area contributed by atoms with E-state index in [0.717, 1.165) is 6.42 Å². The molecule has 0 radical (unpaired) electrons. The highest BCUT2D eigenvalue weighted by Gasteiger charge is 2.07. The SMILES string of the molecule is C.C.CCC(OC)C(C)=O. The van der Waals surface area contributed by atoms with E-state index in [0.29, 0.717) is 0 Å². The van der Waals surface area contributed by atoms with Crippen molar-refractivity contribution in [1.82, 2.24) is 0 Å². The van der Waals surface area contributed by atoms with Crippen molar-refractivity contribution in [3.63, 3.8) is 0 Å². The highest BCUT2D eigenvalue weighted by molar-refractivity contribution is 5.80. The molecule has 0 aromatic carbocycles. The molecule has 0 bridgehead atoms. The first-order valence-corrected chi connectivity index (χ1v) is 2.75. The predicted octanol–water partition coefficient (Wildman–Crippen LogP) is 2.27. The molecule has 0 saturated heterocycles. The molecule has 0 fully saturated rings. The Morgan fingerprint density at radius 2 is 1.90 bits per heavy atom. The average Bonchev–Trinajstić information content (AvgIpc) is 1.69. The van der Waals surface area contributed by atoms with E-state index in [1.165, 1.54) is 6.92 Å². The van der Waals surface area contributed by atoms with Crippen molar-refractivity contribution >= 4 is 5.78 Å². The molecule has 1 unspecified atom stereocenters. The van der Waals surface area contributed by atoms with Crippen LogP contribution >= 0.6 is 0 Å². The van der Waals surface area contributed by atoms with Crippen LogP contribution in [0.3, 0.4) is 0 Å². The number of methoxy groups -OCH3 is 1. The first-order valence-electron chi connectivity index (χ1n) is 2.75. The van der Waals surface area contributed by atoms with Gasteiger partial charge in [0, 0.05) is 7.11 Å². The maximum Gasteiger partial charge on any atom is 0.158 e. The minimum absolute atomic E-state index is 0. The van der Waals surface area contributed by atoms with Gasteiger partial charge in [0.1, 0.15) is 6.10 Å². The van der Waals surface area contributed by atoms with Crippen LogP contribution in [0.4, 0.5) is 0 Å². The van der Waals surface area contributed by atoms with Gasteiger partial charge in [-0.1, -0.05) is 21.8 Å². The molecule has 0 N–H and O–H groups in total. The summed E-state index contributed by atoms with van der Waals surface area (Å²) in [5.74, 6) is 0.106. The summed E-state index contributed by atoms with van der Waals surface area (Å²) in [6, 6.07) is 0. The summed E-state index contributed by atoms with van der Waals surface area (Å²) in [5, 5.41) is 0. The number of hydrogen-bond acceptors (Lipinski definition) is 2. The number of rotatable bonds is 3. The van der Waals surface area contributed by atoms with Crippen molar-refractivity contribution in [3.8, 4) is 0 Å². The van der Waals surface area contributed by atoms with E-state index in [-0.39, 0.29) is 26.7 Å². The Bertz CT molecular complexity index is 75.3. The zero-order valence-corrected chi connectivity index (χ0v) is 5.60. The third-order valence-corrected chi connectivity index (χ3v) is 1.11. The molecule has 0 saturated carbocycles. The lowest BCUT2D eigenvalue weighted by molar-refractivity contribution is -0.126. The lowest BCUT2D eigenvalue weighted by Crippen LogP contribution is -2.18. The van der Waals surface area contributed by atoms with Crippen LogP contribution in [-0.2, 0) is 9.53 Å². The van der Waals surface area contributed by atoms with Gasteiger partial charge in [0.25, 0.3) is 0 Å². The van der Waals surface area contributed by atoms with Crippen LogP contribution in [0.25, 0.3) is 0 Å². The van der Waals surface area contributed by atoms with Gasteiger partial charge in [-0.25, -0.2) is 0 Å². The molecule has 1 atom stereocenters. The van der Waals surface area contributed by atoms with Crippen molar-refractivity contribution < 1.29 is 9.53 Å². The van der Waals surface area contributed by atoms with E-state index in [2.05, 4.69) is 0 Å². The maximum atomic E-state index is 10.5. The van der Waals surface area contributed by atoms with E-state index in [1.807, 2.05) is 6.92 Å². The molecular formula is C8H20O2. The molecule has 0 aromatic rings. The zero-order chi connectivity index (χ0) is 6.57. The Hall–Kier alpha value is -0.370. The van der Waals surface area contributed by atoms with E-state index in [4.69, 9.17) is 4.74 Å². The van der Waals surface area contributed by atoms with Gasteiger partial charge in [0.05, 0.1) is 0 Å². The molecular weight excluding hydrogens is 128 g/mol. The third-order valence-electron chi connectivity index (χ3n) is 1.11. The van der Waals surface area contributed by atoms with E-state index < -0.39 is 0 Å². The van der Waals surface area contributed by atoms with Crippen LogP contribution in [0, 0.1) is 0 Å². The van der Waals surface area contributed by atoms with Crippen LogP contribution in [0.2, 0.25) is 0 Å². The van der Waals surface area contributed by atoms with E-state index >= 15 is 0 Å². The second kappa shape index (κ2) is 8.63. The van der Waals surface area contributed by atoms with Crippen molar-refractivity contribution in [1.29, 1.82) is 0 Å². The molecule has 0 amide bonds. The van der Waals surface area contributed by atoms with Crippen LogP contribution in [0.15, 0.2) is 0 Å². The molecule has 0 spiro atoms. The second-order valence-corrected chi connectivity index (χ2v) is 1.74. The van der Waals surface area contributed by atoms with E-state index in [9.17, 15) is 4.79 Å². The van der Waals surface area contributed by atoms with Crippen LogP contribution in [0.5, 0.6) is 0 Å². The van der Waals surface area contributed by atoms with Crippen molar-refractivity contribution in [2.75, 3.05) is 7.11 Å². The Labute approximate surface area is 64.6 Å². The first-order chi connectivity index (χ1) is 3.72. The third kappa shape index (κ3) is 5.76. The second-order valence-electron chi connectivity index (χ2n) is 1.74. The number of carbonyl (C=O) groups is 1. The van der Waals surface area contributed by atoms with Gasteiger partial charge in [-0.05, 0) is 13.3 Å². The molecule has 0 heterocycles. The van der Waals surface area contributed by atoms with E-state index in [1.54, 1.807) is 7.11 Å². The fraction of sp³-hybridized carbons (Fsp3) is 0.875. The Morgan fingerprint density at radius 3 is 1.90 bits per heavy atom. The molecule has 0 rings (SSSR count). The molecule has 0 aromatic heterocycles. The number of hydrogen-bond donors (Lipinski definition) is 0. The zero-order valence-electron chi connectivity index (χ0n) is 5.60. The fourth-order valence-electron chi connectivity index (χ4n) is 0.620. The normalized spacial score (nSPS) is 10.7. The highest BCUT2D eigenvalue weighted by Crippen LogP contribution is 1.95. The van der Waals surface area contributed by atoms with Crippen LogP contribution in [-0.4, -0.2) is 19.0 Å².